The van der Waals surface area contributed by atoms with E-state index < -0.39 is 34.9 Å². The van der Waals surface area contributed by atoms with Crippen molar-refractivity contribution in [3.63, 3.8) is 0 Å². The minimum absolute atomic E-state index is 0.00675. The third-order valence-electron chi connectivity index (χ3n) is 3.44. The van der Waals surface area contributed by atoms with E-state index in [9.17, 15) is 24.0 Å². The number of nitrogens with one attached hydrogen (secondary N) is 4. The highest BCUT2D eigenvalue weighted by Crippen LogP contribution is 2.12. The van der Waals surface area contributed by atoms with Crippen molar-refractivity contribution in [1.29, 1.82) is 0 Å². The molecule has 6 N–H and O–H groups in total. The lowest BCUT2D eigenvalue weighted by molar-refractivity contribution is -0.125. The number of carbonyl (C=O) groups excluding carboxylic acids is 5. The Morgan fingerprint density at radius 1 is 1.14 bits per heavy atom. The van der Waals surface area contributed by atoms with Gasteiger partial charge in [0.1, 0.15) is 12.1 Å². The highest BCUT2D eigenvalue weighted by atomic mass is 32.2. The number of nitrogens with zero attached hydrogens (tertiary/aromatic N) is 1. The summed E-state index contributed by atoms with van der Waals surface area (Å²) < 4.78 is 0. The predicted molar refractivity (Wildman–Crippen MR) is 102 cm³/mol. The lowest BCUT2D eigenvalue weighted by atomic mass is 10.2. The van der Waals surface area contributed by atoms with E-state index in [4.69, 9.17) is 5.73 Å². The monoisotopic (exact) mass is 412 g/mol. The molecule has 1 unspecified atom stereocenters. The molecule has 2 atom stereocenters. The van der Waals surface area contributed by atoms with E-state index in [0.717, 1.165) is 11.8 Å². The number of imidazole rings is 1. The summed E-state index contributed by atoms with van der Waals surface area (Å²) in [6, 6.07) is -1.89. The number of primary amides is 1. The molecule has 0 aromatic carbocycles. The average Bonchev–Trinajstić information content (AvgIpc) is 3.10. The summed E-state index contributed by atoms with van der Waals surface area (Å²) in [6.07, 6.45) is 3.15. The lowest BCUT2D eigenvalue weighted by Crippen LogP contribution is -2.47. The number of carbonyl (C=O) groups is 5. The molecule has 0 spiro atoms. The maximum atomic E-state index is 12.6. The number of hydrogen-bond acceptors (Lipinski definition) is 7. The summed E-state index contributed by atoms with van der Waals surface area (Å²) in [7, 11) is 0. The van der Waals surface area contributed by atoms with Crippen LogP contribution in [-0.4, -0.2) is 63.1 Å². The number of nitrogens with two attached hydrogens (primary N) is 1. The fraction of sp³-hybridized carbons (Fsp3) is 0.500. The molecule has 1 rings (SSSR count). The molecule has 12 heteroatoms. The van der Waals surface area contributed by atoms with E-state index in [0.29, 0.717) is 5.69 Å². The van der Waals surface area contributed by atoms with Crippen molar-refractivity contribution in [3.05, 3.63) is 18.2 Å². The molecule has 0 bridgehead atoms. The maximum absolute atomic E-state index is 12.6. The fourth-order valence-corrected chi connectivity index (χ4v) is 3.06. The first-order valence-electron chi connectivity index (χ1n) is 8.43. The third kappa shape index (κ3) is 9.16. The number of thioether (sulfide) groups is 1. The summed E-state index contributed by atoms with van der Waals surface area (Å²) >= 11 is 0.782. The minimum Gasteiger partial charge on any atom is -0.368 e. The Hall–Kier alpha value is -2.89. The first-order chi connectivity index (χ1) is 13.2. The summed E-state index contributed by atoms with van der Waals surface area (Å²) in [4.78, 5) is 64.8. The maximum Gasteiger partial charge on any atom is 0.240 e. The molecule has 0 aliphatic heterocycles. The second-order valence-electron chi connectivity index (χ2n) is 5.92. The van der Waals surface area contributed by atoms with Crippen molar-refractivity contribution in [2.75, 3.05) is 12.3 Å². The van der Waals surface area contributed by atoms with Crippen molar-refractivity contribution in [2.45, 2.75) is 38.8 Å². The molecule has 11 nitrogen and oxygen atoms in total. The largest absolute Gasteiger partial charge is 0.368 e. The zero-order valence-corrected chi connectivity index (χ0v) is 16.4. The highest BCUT2D eigenvalue weighted by molar-refractivity contribution is 8.13. The lowest BCUT2D eigenvalue weighted by Gasteiger charge is -2.18. The normalized spacial score (nSPS) is 12.5. The minimum atomic E-state index is -1.00. The molecule has 0 radical (unpaired) electrons. The zero-order chi connectivity index (χ0) is 21.1. The van der Waals surface area contributed by atoms with Gasteiger partial charge in [-0.15, -0.1) is 0 Å². The van der Waals surface area contributed by atoms with Crippen LogP contribution in [0.3, 0.4) is 0 Å². The Bertz CT molecular complexity index is 708. The standard InChI is InChI=1S/C16H24N6O5S/c1-9(23)19-4-3-14(25)22-12(5-11-6-18-8-20-11)16(27)28-7-13(15(17)26)21-10(2)24/h6,8,12-13H,3-5,7H2,1-2H3,(H2,17,26)(H,18,20)(H,19,23)(H,21,24)(H,22,25)/t12-,13?/m0/s1. The van der Waals surface area contributed by atoms with Crippen LogP contribution in [0, 0.1) is 0 Å². The molecular weight excluding hydrogens is 388 g/mol. The van der Waals surface area contributed by atoms with Crippen molar-refractivity contribution >= 4 is 40.5 Å². The van der Waals surface area contributed by atoms with Crippen LogP contribution in [0.1, 0.15) is 26.0 Å². The molecule has 0 saturated heterocycles. The van der Waals surface area contributed by atoms with Crippen molar-refractivity contribution in [2.24, 2.45) is 5.73 Å². The van der Waals surface area contributed by atoms with Crippen LogP contribution in [0.25, 0.3) is 0 Å². The van der Waals surface area contributed by atoms with Gasteiger partial charge in [0, 0.05) is 50.9 Å². The summed E-state index contributed by atoms with van der Waals surface area (Å²) in [6.45, 7) is 2.72. The van der Waals surface area contributed by atoms with Gasteiger partial charge in [0.2, 0.25) is 28.7 Å². The molecule has 1 aromatic heterocycles. The molecule has 0 saturated carbocycles. The van der Waals surface area contributed by atoms with E-state index in [2.05, 4.69) is 25.9 Å². The quantitative estimate of drug-likeness (QED) is 0.285. The van der Waals surface area contributed by atoms with E-state index >= 15 is 0 Å². The molecule has 0 aliphatic rings. The van der Waals surface area contributed by atoms with Crippen molar-refractivity contribution in [3.8, 4) is 0 Å². The van der Waals surface area contributed by atoms with Crippen LogP contribution in [0.15, 0.2) is 12.5 Å². The topological polar surface area (TPSA) is 176 Å². The van der Waals surface area contributed by atoms with Crippen LogP contribution >= 0.6 is 11.8 Å². The number of amides is 4. The van der Waals surface area contributed by atoms with Gasteiger partial charge in [-0.1, -0.05) is 11.8 Å². The first-order valence-corrected chi connectivity index (χ1v) is 9.41. The van der Waals surface area contributed by atoms with E-state index in [-0.39, 0.29) is 31.0 Å². The molecular formula is C16H24N6O5S. The molecule has 1 aromatic rings. The second-order valence-corrected chi connectivity index (χ2v) is 6.94. The van der Waals surface area contributed by atoms with E-state index in [1.807, 2.05) is 0 Å². The van der Waals surface area contributed by atoms with Gasteiger partial charge in [0.05, 0.1) is 6.33 Å². The number of aromatic amines is 1. The van der Waals surface area contributed by atoms with Crippen LogP contribution in [0.4, 0.5) is 0 Å². The number of rotatable bonds is 11. The molecule has 0 fully saturated rings. The Kier molecular flexibility index (Phi) is 9.71. The van der Waals surface area contributed by atoms with Crippen LogP contribution < -0.4 is 21.7 Å². The Labute approximate surface area is 166 Å². The first kappa shape index (κ1) is 23.1. The predicted octanol–water partition coefficient (Wildman–Crippen LogP) is -1.79. The summed E-state index contributed by atoms with van der Waals surface area (Å²) in [5, 5.41) is 7.07. The van der Waals surface area contributed by atoms with Crippen LogP contribution in [0.2, 0.25) is 0 Å². The molecule has 28 heavy (non-hydrogen) atoms. The van der Waals surface area contributed by atoms with E-state index in [1.54, 1.807) is 0 Å². The van der Waals surface area contributed by atoms with Crippen LogP contribution in [-0.2, 0) is 30.4 Å². The van der Waals surface area contributed by atoms with Gasteiger partial charge in [-0.05, 0) is 0 Å². The Morgan fingerprint density at radius 2 is 1.86 bits per heavy atom. The molecule has 4 amide bonds. The molecule has 154 valence electrons. The Balaban J connectivity index is 2.70. The highest BCUT2D eigenvalue weighted by Gasteiger charge is 2.25. The third-order valence-corrected chi connectivity index (χ3v) is 4.51. The van der Waals surface area contributed by atoms with Gasteiger partial charge in [0.15, 0.2) is 0 Å². The molecule has 1 heterocycles. The SMILES string of the molecule is CC(=O)NCCC(=O)N[C@@H](Cc1cnc[nH]1)C(=O)SCC(NC(C)=O)C(N)=O. The van der Waals surface area contributed by atoms with Gasteiger partial charge in [-0.25, -0.2) is 4.98 Å². The fourth-order valence-electron chi connectivity index (χ4n) is 2.13. The number of hydrogen-bond donors (Lipinski definition) is 5. The smallest absolute Gasteiger partial charge is 0.240 e. The second kappa shape index (κ2) is 11.7. The Morgan fingerprint density at radius 3 is 2.39 bits per heavy atom. The van der Waals surface area contributed by atoms with Gasteiger partial charge in [0.25, 0.3) is 0 Å². The number of aromatic nitrogens is 2. The average molecular weight is 412 g/mol. The molecule has 0 aliphatic carbocycles. The van der Waals surface area contributed by atoms with Gasteiger partial charge < -0.3 is 26.7 Å². The summed E-state index contributed by atoms with van der Waals surface area (Å²) in [5.41, 5.74) is 5.85. The van der Waals surface area contributed by atoms with Gasteiger partial charge in [-0.3, -0.25) is 24.0 Å². The van der Waals surface area contributed by atoms with E-state index in [1.165, 1.54) is 26.4 Å². The van der Waals surface area contributed by atoms with Gasteiger partial charge >= 0.3 is 0 Å². The van der Waals surface area contributed by atoms with Crippen LogP contribution in [0.5, 0.6) is 0 Å². The van der Waals surface area contributed by atoms with Crippen molar-refractivity contribution in [1.82, 2.24) is 25.9 Å². The van der Waals surface area contributed by atoms with Crippen molar-refractivity contribution < 1.29 is 24.0 Å². The summed E-state index contributed by atoms with van der Waals surface area (Å²) in [5.74, 6) is -1.95. The number of H-pyrrole nitrogens is 1. The zero-order valence-electron chi connectivity index (χ0n) is 15.6. The van der Waals surface area contributed by atoms with Gasteiger partial charge in [-0.2, -0.15) is 0 Å².